The second kappa shape index (κ2) is 23.9. The van der Waals surface area contributed by atoms with Gasteiger partial charge in [-0.2, -0.15) is 0 Å². The Morgan fingerprint density at radius 3 is 1.46 bits per heavy atom. The van der Waals surface area contributed by atoms with Crippen molar-refractivity contribution in [2.75, 3.05) is 21.3 Å². The Labute approximate surface area is 193 Å². The number of hydrogen-bond acceptors (Lipinski definition) is 4. The van der Waals surface area contributed by atoms with E-state index < -0.39 is 0 Å². The van der Waals surface area contributed by atoms with Gasteiger partial charge < -0.3 is 26.4 Å². The summed E-state index contributed by atoms with van der Waals surface area (Å²) in [5.74, 6) is 1.39. The molecule has 28 heavy (non-hydrogen) atoms. The van der Waals surface area contributed by atoms with Crippen molar-refractivity contribution in [3.05, 3.63) is 14.0 Å². The van der Waals surface area contributed by atoms with Crippen LogP contribution in [0.3, 0.4) is 0 Å². The van der Waals surface area contributed by atoms with Gasteiger partial charge >= 0.3 is 22.4 Å². The Hall–Kier alpha value is 0.580. The summed E-state index contributed by atoms with van der Waals surface area (Å²) in [5, 5.41) is 0. The molecular formula is C23H50NbO4. The van der Waals surface area contributed by atoms with Crippen molar-refractivity contribution in [2.45, 2.75) is 105 Å². The third kappa shape index (κ3) is 11.7. The van der Waals surface area contributed by atoms with Crippen molar-refractivity contribution in [1.29, 1.82) is 0 Å². The molecule has 1 saturated carbocycles. The van der Waals surface area contributed by atoms with E-state index in [-0.39, 0.29) is 29.8 Å². The average Bonchev–Trinajstić information content (AvgIpc) is 3.33. The van der Waals surface area contributed by atoms with E-state index in [1.54, 1.807) is 21.3 Å². The van der Waals surface area contributed by atoms with Crippen LogP contribution in [-0.2, 0) is 41.3 Å². The van der Waals surface area contributed by atoms with Crippen LogP contribution in [0.15, 0.2) is 0 Å². The summed E-state index contributed by atoms with van der Waals surface area (Å²) in [6.45, 7) is 16.4. The summed E-state index contributed by atoms with van der Waals surface area (Å²) in [4.78, 5) is 0. The zero-order valence-electron chi connectivity index (χ0n) is 20.7. The van der Waals surface area contributed by atoms with Crippen LogP contribution in [-0.4, -0.2) is 45.7 Å². The van der Waals surface area contributed by atoms with Gasteiger partial charge in [-0.3, -0.25) is 0 Å². The minimum absolute atomic E-state index is 0. The van der Waals surface area contributed by atoms with Crippen LogP contribution in [0.5, 0.6) is 0 Å². The predicted molar refractivity (Wildman–Crippen MR) is 118 cm³/mol. The Balaban J connectivity index is -0.000000170. The molecule has 1 radical (unpaired) electrons. The molecule has 1 aliphatic heterocycles. The van der Waals surface area contributed by atoms with Gasteiger partial charge in [0.15, 0.2) is 0 Å². The minimum Gasteiger partial charge on any atom is -0.548 e. The molecule has 2 rings (SSSR count). The summed E-state index contributed by atoms with van der Waals surface area (Å²) < 4.78 is 21.5. The van der Waals surface area contributed by atoms with E-state index >= 15 is 0 Å². The Morgan fingerprint density at radius 2 is 1.21 bits per heavy atom. The normalized spacial score (nSPS) is 30.2. The second-order valence-electron chi connectivity index (χ2n) is 6.23. The van der Waals surface area contributed by atoms with Crippen LogP contribution >= 0.6 is 0 Å². The molecule has 0 N–H and O–H groups in total. The van der Waals surface area contributed by atoms with Crippen molar-refractivity contribution < 1.29 is 41.3 Å². The Bertz CT molecular complexity index is 266. The molecule has 6 atom stereocenters. The molecule has 4 nitrogen and oxygen atoms in total. The van der Waals surface area contributed by atoms with Gasteiger partial charge in [0.1, 0.15) is 0 Å². The Kier molecular flexibility index (Phi) is 30.7. The number of methoxy groups -OCH3 is 3. The van der Waals surface area contributed by atoms with E-state index in [0.717, 1.165) is 12.8 Å². The van der Waals surface area contributed by atoms with Gasteiger partial charge in [-0.1, -0.05) is 61.3 Å². The van der Waals surface area contributed by atoms with E-state index in [4.69, 9.17) is 18.9 Å². The van der Waals surface area contributed by atoms with Gasteiger partial charge in [0, 0.05) is 27.4 Å². The van der Waals surface area contributed by atoms with E-state index in [0.29, 0.717) is 36.3 Å². The first-order valence-corrected chi connectivity index (χ1v) is 10.7. The van der Waals surface area contributed by atoms with Gasteiger partial charge in [0.2, 0.25) is 0 Å². The number of hydrogen-bond donors (Lipinski definition) is 0. The molecule has 2 fully saturated rings. The first-order chi connectivity index (χ1) is 12.7. The molecule has 5 heteroatoms. The molecule has 1 saturated heterocycles. The average molecular weight is 484 g/mol. The van der Waals surface area contributed by atoms with E-state index in [9.17, 15) is 0 Å². The molecule has 0 amide bonds. The largest absolute Gasteiger partial charge is 2.00 e. The van der Waals surface area contributed by atoms with Crippen LogP contribution in [0.2, 0.25) is 0 Å². The van der Waals surface area contributed by atoms with Crippen molar-refractivity contribution in [3.8, 4) is 0 Å². The SMILES string of the molecule is CC.CC.CCC1CC(CC)C(OC)C1OC.CCC1O[CH-]CC1OC.[CH3-].[Nb+2]. The molecule has 1 heterocycles. The molecule has 0 aromatic carbocycles. The van der Waals surface area contributed by atoms with Gasteiger partial charge in [0.25, 0.3) is 0 Å². The summed E-state index contributed by atoms with van der Waals surface area (Å²) in [6, 6.07) is 0. The van der Waals surface area contributed by atoms with Crippen molar-refractivity contribution >= 4 is 0 Å². The fraction of sp³-hybridized carbons (Fsp3) is 0.913. The van der Waals surface area contributed by atoms with Gasteiger partial charge in [-0.25, -0.2) is 6.61 Å². The molecule has 1 aliphatic carbocycles. The maximum absolute atomic E-state index is 5.53. The summed E-state index contributed by atoms with van der Waals surface area (Å²) in [7, 11) is 5.34. The number of rotatable bonds is 6. The van der Waals surface area contributed by atoms with Crippen molar-refractivity contribution in [1.82, 2.24) is 0 Å². The molecule has 0 aromatic heterocycles. The molecule has 0 aromatic rings. The third-order valence-corrected chi connectivity index (χ3v) is 5.17. The molecule has 171 valence electrons. The van der Waals surface area contributed by atoms with Crippen LogP contribution in [0.25, 0.3) is 0 Å². The second-order valence-corrected chi connectivity index (χ2v) is 6.23. The van der Waals surface area contributed by atoms with E-state index in [2.05, 4.69) is 20.8 Å². The van der Waals surface area contributed by atoms with Crippen LogP contribution in [0.4, 0.5) is 0 Å². The van der Waals surface area contributed by atoms with E-state index in [1.165, 1.54) is 19.3 Å². The van der Waals surface area contributed by atoms with Gasteiger partial charge in [-0.15, -0.1) is 6.42 Å². The molecular weight excluding hydrogens is 433 g/mol. The van der Waals surface area contributed by atoms with Gasteiger partial charge in [-0.05, 0) is 24.7 Å². The fourth-order valence-corrected chi connectivity index (χ4v) is 3.77. The topological polar surface area (TPSA) is 36.9 Å². The van der Waals surface area contributed by atoms with Crippen LogP contribution < -0.4 is 0 Å². The molecule has 0 spiro atoms. The van der Waals surface area contributed by atoms with E-state index in [1.807, 2.05) is 34.3 Å². The molecule has 2 aliphatic rings. The third-order valence-electron chi connectivity index (χ3n) is 5.17. The summed E-state index contributed by atoms with van der Waals surface area (Å²) in [6.07, 6.45) is 6.89. The maximum Gasteiger partial charge on any atom is 2.00 e. The smallest absolute Gasteiger partial charge is 0.548 e. The fourth-order valence-electron chi connectivity index (χ4n) is 3.77. The minimum atomic E-state index is 0. The number of ether oxygens (including phenoxy) is 4. The monoisotopic (exact) mass is 483 g/mol. The van der Waals surface area contributed by atoms with Crippen LogP contribution in [0.1, 0.15) is 80.6 Å². The summed E-state index contributed by atoms with van der Waals surface area (Å²) >= 11 is 0. The quantitative estimate of drug-likeness (QED) is 0.327. The van der Waals surface area contributed by atoms with Crippen molar-refractivity contribution in [2.24, 2.45) is 11.8 Å². The zero-order valence-corrected chi connectivity index (χ0v) is 22.9. The molecule has 6 unspecified atom stereocenters. The zero-order chi connectivity index (χ0) is 20.5. The standard InChI is InChI=1S/C11H22O2.C7H13O2.2C2H6.CH3.Nb/c1-5-8-7-9(6-2)11(13-4)10(8)12-3;1-3-6-7(8-2)4-5-9-6;2*1-2;;/h8-11H,5-7H2,1-4H3;5-7H,3-4H2,1-2H3;2*1-2H3;1H3;/q;-1;;;-1;+2. The predicted octanol–water partition coefficient (Wildman–Crippen LogP) is 6.33. The first-order valence-electron chi connectivity index (χ1n) is 10.7. The van der Waals surface area contributed by atoms with Gasteiger partial charge in [0.05, 0.1) is 18.3 Å². The van der Waals surface area contributed by atoms with Crippen LogP contribution in [0, 0.1) is 25.9 Å². The Morgan fingerprint density at radius 1 is 0.786 bits per heavy atom. The maximum atomic E-state index is 5.53. The summed E-state index contributed by atoms with van der Waals surface area (Å²) in [5.41, 5.74) is 0. The first kappa shape index (κ1) is 36.0. The van der Waals surface area contributed by atoms with Crippen molar-refractivity contribution in [3.63, 3.8) is 0 Å². The molecule has 0 bridgehead atoms.